The number of carboxylic acids is 1. The molecule has 1 fully saturated rings. The number of carbonyl (C=O) groups is 1. The Hall–Kier alpha value is -2.25. The zero-order valence-corrected chi connectivity index (χ0v) is 11.2. The van der Waals surface area contributed by atoms with Crippen LogP contribution in [0, 0.1) is 0 Å². The number of alkyl halides is 2. The lowest BCUT2D eigenvalue weighted by atomic mass is 10.1. The van der Waals surface area contributed by atoms with Crippen LogP contribution in [0.4, 0.5) is 8.78 Å². The lowest BCUT2D eigenvalue weighted by Crippen LogP contribution is -2.11. The normalized spacial score (nSPS) is 14.9. The van der Waals surface area contributed by atoms with Crippen LogP contribution in [0.2, 0.25) is 0 Å². The molecule has 0 spiro atoms. The van der Waals surface area contributed by atoms with Gasteiger partial charge in [-0.25, -0.2) is 13.6 Å². The molecule has 0 aromatic carbocycles. The highest BCUT2D eigenvalue weighted by Crippen LogP contribution is 2.44. The van der Waals surface area contributed by atoms with Gasteiger partial charge in [-0.05, 0) is 12.8 Å². The minimum atomic E-state index is -2.70. The number of aromatic nitrogens is 3. The molecule has 0 radical (unpaired) electrons. The molecule has 112 valence electrons. The topological polar surface area (TPSA) is 77.2 Å². The van der Waals surface area contributed by atoms with Crippen molar-refractivity contribution in [2.24, 2.45) is 7.05 Å². The zero-order chi connectivity index (χ0) is 15.1. The molecule has 2 heterocycles. The van der Waals surface area contributed by atoms with E-state index in [1.165, 1.54) is 4.68 Å². The Morgan fingerprint density at radius 3 is 2.86 bits per heavy atom. The van der Waals surface area contributed by atoms with E-state index in [2.05, 4.69) is 10.1 Å². The van der Waals surface area contributed by atoms with Gasteiger partial charge in [0.15, 0.2) is 12.3 Å². The highest BCUT2D eigenvalue weighted by molar-refractivity contribution is 5.84. The minimum Gasteiger partial charge on any atom is -0.479 e. The van der Waals surface area contributed by atoms with Crippen LogP contribution in [0.5, 0.6) is 5.88 Å². The average molecular weight is 297 g/mol. The van der Waals surface area contributed by atoms with E-state index in [9.17, 15) is 13.6 Å². The molecule has 2 aromatic rings. The first-order valence-corrected chi connectivity index (χ1v) is 6.47. The summed E-state index contributed by atoms with van der Waals surface area (Å²) < 4.78 is 33.0. The van der Waals surface area contributed by atoms with E-state index in [4.69, 9.17) is 9.84 Å². The van der Waals surface area contributed by atoms with E-state index in [0.29, 0.717) is 11.1 Å². The SMILES string of the molecule is Cn1nc(C2CC2)c2c(C(F)F)cc(OCC(=O)O)nc21. The minimum absolute atomic E-state index is 0.134. The number of ether oxygens (including phenoxy) is 1. The van der Waals surface area contributed by atoms with Crippen LogP contribution < -0.4 is 4.74 Å². The van der Waals surface area contributed by atoms with E-state index >= 15 is 0 Å². The van der Waals surface area contributed by atoms with Gasteiger partial charge in [-0.1, -0.05) is 0 Å². The summed E-state index contributed by atoms with van der Waals surface area (Å²) in [4.78, 5) is 14.6. The molecule has 6 nitrogen and oxygen atoms in total. The summed E-state index contributed by atoms with van der Waals surface area (Å²) in [7, 11) is 1.62. The van der Waals surface area contributed by atoms with Crippen molar-refractivity contribution in [3.05, 3.63) is 17.3 Å². The average Bonchev–Trinajstić information content (AvgIpc) is 3.21. The smallest absolute Gasteiger partial charge is 0.341 e. The van der Waals surface area contributed by atoms with Crippen LogP contribution in [0.15, 0.2) is 6.07 Å². The van der Waals surface area contributed by atoms with Gasteiger partial charge in [0.1, 0.15) is 0 Å². The van der Waals surface area contributed by atoms with Crippen molar-refractivity contribution in [2.75, 3.05) is 6.61 Å². The molecule has 1 N–H and O–H groups in total. The summed E-state index contributed by atoms with van der Waals surface area (Å²) in [5.41, 5.74) is 0.713. The van der Waals surface area contributed by atoms with E-state index in [-0.39, 0.29) is 23.0 Å². The van der Waals surface area contributed by atoms with Crippen molar-refractivity contribution < 1.29 is 23.4 Å². The van der Waals surface area contributed by atoms with Gasteiger partial charge in [-0.15, -0.1) is 0 Å². The summed E-state index contributed by atoms with van der Waals surface area (Å²) >= 11 is 0. The Kier molecular flexibility index (Phi) is 3.23. The maximum Gasteiger partial charge on any atom is 0.341 e. The van der Waals surface area contributed by atoms with Crippen molar-refractivity contribution in [3.8, 4) is 5.88 Å². The van der Waals surface area contributed by atoms with Gasteiger partial charge in [-0.3, -0.25) is 4.68 Å². The first-order chi connectivity index (χ1) is 9.97. The third kappa shape index (κ3) is 2.53. The fourth-order valence-corrected chi connectivity index (χ4v) is 2.31. The lowest BCUT2D eigenvalue weighted by Gasteiger charge is -2.08. The number of pyridine rings is 1. The van der Waals surface area contributed by atoms with Gasteiger partial charge in [0.05, 0.1) is 11.1 Å². The predicted molar refractivity (Wildman–Crippen MR) is 68.6 cm³/mol. The molecule has 1 saturated carbocycles. The summed E-state index contributed by atoms with van der Waals surface area (Å²) in [6, 6.07) is 1.10. The van der Waals surface area contributed by atoms with Gasteiger partial charge in [0.2, 0.25) is 5.88 Å². The van der Waals surface area contributed by atoms with Crippen molar-refractivity contribution >= 4 is 17.0 Å². The molecule has 21 heavy (non-hydrogen) atoms. The molecule has 1 aliphatic carbocycles. The van der Waals surface area contributed by atoms with Crippen LogP contribution in [-0.2, 0) is 11.8 Å². The number of carboxylic acid groups (broad SMARTS) is 1. The van der Waals surface area contributed by atoms with Gasteiger partial charge in [0.25, 0.3) is 6.43 Å². The molecule has 8 heteroatoms. The Morgan fingerprint density at radius 1 is 1.57 bits per heavy atom. The largest absolute Gasteiger partial charge is 0.479 e. The molecular formula is C13H13F2N3O3. The van der Waals surface area contributed by atoms with Crippen LogP contribution in [0.1, 0.15) is 36.4 Å². The molecule has 0 atom stereocenters. The summed E-state index contributed by atoms with van der Waals surface area (Å²) in [5.74, 6) is -1.12. The number of halogens is 2. The number of nitrogens with zero attached hydrogens (tertiary/aromatic N) is 3. The summed E-state index contributed by atoms with van der Waals surface area (Å²) in [6.07, 6.45) is -0.831. The van der Waals surface area contributed by atoms with Crippen LogP contribution in [0.25, 0.3) is 11.0 Å². The van der Waals surface area contributed by atoms with Crippen molar-refractivity contribution in [1.82, 2.24) is 14.8 Å². The second kappa shape index (κ2) is 4.94. The Balaban J connectivity index is 2.13. The first kappa shape index (κ1) is 13.7. The number of rotatable bonds is 5. The molecule has 0 unspecified atom stereocenters. The molecule has 0 bridgehead atoms. The second-order valence-electron chi connectivity index (χ2n) is 5.01. The first-order valence-electron chi connectivity index (χ1n) is 6.47. The lowest BCUT2D eigenvalue weighted by molar-refractivity contribution is -0.139. The highest BCUT2D eigenvalue weighted by Gasteiger charge is 2.32. The maximum atomic E-state index is 13.3. The number of aryl methyl sites for hydroxylation is 1. The molecule has 0 aliphatic heterocycles. The standard InChI is InChI=1S/C13H13F2N3O3/c1-18-13-10(11(17-18)6-2-3-6)7(12(14)15)4-8(16-13)21-5-9(19)20/h4,6,12H,2-3,5H2,1H3,(H,19,20). The Labute approximate surface area is 118 Å². The molecule has 0 amide bonds. The molecule has 3 rings (SSSR count). The van der Waals surface area contributed by atoms with Crippen molar-refractivity contribution in [2.45, 2.75) is 25.2 Å². The maximum absolute atomic E-state index is 13.3. The van der Waals surface area contributed by atoms with Crippen LogP contribution in [0.3, 0.4) is 0 Å². The Morgan fingerprint density at radius 2 is 2.29 bits per heavy atom. The fraction of sp³-hybridized carbons (Fsp3) is 0.462. The molecule has 1 aliphatic rings. The van der Waals surface area contributed by atoms with E-state index in [1.54, 1.807) is 7.05 Å². The molecular weight excluding hydrogens is 284 g/mol. The zero-order valence-electron chi connectivity index (χ0n) is 11.2. The quantitative estimate of drug-likeness (QED) is 0.916. The number of hydrogen-bond donors (Lipinski definition) is 1. The van der Waals surface area contributed by atoms with Crippen LogP contribution >= 0.6 is 0 Å². The van der Waals surface area contributed by atoms with Gasteiger partial charge >= 0.3 is 5.97 Å². The van der Waals surface area contributed by atoms with Gasteiger partial charge in [-0.2, -0.15) is 10.1 Å². The third-order valence-electron chi connectivity index (χ3n) is 3.37. The van der Waals surface area contributed by atoms with Crippen molar-refractivity contribution in [3.63, 3.8) is 0 Å². The monoisotopic (exact) mass is 297 g/mol. The summed E-state index contributed by atoms with van der Waals surface area (Å²) in [6.45, 7) is -0.630. The van der Waals surface area contributed by atoms with Gasteiger partial charge < -0.3 is 9.84 Å². The third-order valence-corrected chi connectivity index (χ3v) is 3.37. The Bertz CT molecular complexity index is 710. The predicted octanol–water partition coefficient (Wildman–Crippen LogP) is 2.25. The molecule has 2 aromatic heterocycles. The van der Waals surface area contributed by atoms with Crippen molar-refractivity contribution in [1.29, 1.82) is 0 Å². The van der Waals surface area contributed by atoms with Crippen LogP contribution in [-0.4, -0.2) is 32.4 Å². The molecule has 0 saturated heterocycles. The fourth-order valence-electron chi connectivity index (χ4n) is 2.31. The van der Waals surface area contributed by atoms with E-state index in [0.717, 1.165) is 18.9 Å². The number of hydrogen-bond acceptors (Lipinski definition) is 4. The van der Waals surface area contributed by atoms with Gasteiger partial charge in [0, 0.05) is 24.6 Å². The highest BCUT2D eigenvalue weighted by atomic mass is 19.3. The second-order valence-corrected chi connectivity index (χ2v) is 5.01. The number of aliphatic carboxylic acids is 1. The summed E-state index contributed by atoms with van der Waals surface area (Å²) in [5, 5.41) is 13.2. The van der Waals surface area contributed by atoms with E-state index in [1.807, 2.05) is 0 Å². The number of fused-ring (bicyclic) bond motifs is 1. The van der Waals surface area contributed by atoms with E-state index < -0.39 is 19.0 Å².